The average Bonchev–Trinajstić information content (AvgIpc) is 2.84. The Labute approximate surface area is 121 Å². The summed E-state index contributed by atoms with van der Waals surface area (Å²) < 4.78 is 37.6. The van der Waals surface area contributed by atoms with E-state index in [-0.39, 0.29) is 5.91 Å². The number of likely N-dealkylation sites (tertiary alicyclic amines) is 1. The van der Waals surface area contributed by atoms with Crippen LogP contribution in [0.25, 0.3) is 0 Å². The van der Waals surface area contributed by atoms with E-state index in [1.807, 2.05) is 6.07 Å². The molecule has 0 aliphatic carbocycles. The van der Waals surface area contributed by atoms with Gasteiger partial charge in [0.15, 0.2) is 0 Å². The van der Waals surface area contributed by atoms with Crippen molar-refractivity contribution in [2.75, 3.05) is 20.1 Å². The Kier molecular flexibility index (Phi) is 4.82. The first kappa shape index (κ1) is 15.8. The second-order valence-corrected chi connectivity index (χ2v) is 5.30. The van der Waals surface area contributed by atoms with Gasteiger partial charge in [0, 0.05) is 26.0 Å². The third kappa shape index (κ3) is 4.42. The van der Waals surface area contributed by atoms with Gasteiger partial charge in [0.05, 0.1) is 12.6 Å². The summed E-state index contributed by atoms with van der Waals surface area (Å²) in [5.74, 6) is -0.263. The molecule has 0 bridgehead atoms. The molecule has 1 aliphatic heterocycles. The molecular formula is C14H18F3N3O. The number of nitrogens with zero attached hydrogens (tertiary/aromatic N) is 3. The molecule has 4 nitrogen and oxygen atoms in total. The fraction of sp³-hybridized carbons (Fsp3) is 0.571. The number of hydrogen-bond acceptors (Lipinski definition) is 3. The Morgan fingerprint density at radius 3 is 2.90 bits per heavy atom. The molecule has 1 saturated heterocycles. The van der Waals surface area contributed by atoms with Crippen molar-refractivity contribution in [2.45, 2.75) is 31.6 Å². The highest BCUT2D eigenvalue weighted by Gasteiger charge is 2.39. The molecule has 21 heavy (non-hydrogen) atoms. The fourth-order valence-electron chi connectivity index (χ4n) is 2.62. The van der Waals surface area contributed by atoms with Gasteiger partial charge in [-0.25, -0.2) is 0 Å². The van der Waals surface area contributed by atoms with Crippen LogP contribution in [0.4, 0.5) is 13.2 Å². The summed E-state index contributed by atoms with van der Waals surface area (Å²) in [6.45, 7) is -0.357. The van der Waals surface area contributed by atoms with Crippen molar-refractivity contribution < 1.29 is 18.0 Å². The minimum absolute atomic E-state index is 0.263. The van der Waals surface area contributed by atoms with Crippen LogP contribution in [-0.4, -0.2) is 53.0 Å². The Morgan fingerprint density at radius 2 is 2.29 bits per heavy atom. The standard InChI is InChI=1S/C14H18F3N3O/c1-19(9-11-4-2-6-18-8-11)13(21)12-5-3-7-20(12)10-14(15,16)17/h2,4,6,8,12H,3,5,7,9-10H2,1H3. The van der Waals surface area contributed by atoms with Gasteiger partial charge in [-0.15, -0.1) is 0 Å². The Bertz CT molecular complexity index is 478. The molecule has 1 aliphatic rings. The van der Waals surface area contributed by atoms with Crippen LogP contribution in [0.3, 0.4) is 0 Å². The van der Waals surface area contributed by atoms with Gasteiger partial charge in [-0.1, -0.05) is 6.07 Å². The molecular weight excluding hydrogens is 283 g/mol. The van der Waals surface area contributed by atoms with E-state index in [1.165, 1.54) is 9.80 Å². The van der Waals surface area contributed by atoms with Crippen LogP contribution in [-0.2, 0) is 11.3 Å². The van der Waals surface area contributed by atoms with Gasteiger partial charge >= 0.3 is 6.18 Å². The second-order valence-electron chi connectivity index (χ2n) is 5.30. The van der Waals surface area contributed by atoms with E-state index in [0.29, 0.717) is 25.9 Å². The number of pyridine rings is 1. The number of carbonyl (C=O) groups excluding carboxylic acids is 1. The van der Waals surface area contributed by atoms with E-state index in [2.05, 4.69) is 4.98 Å². The first-order valence-corrected chi connectivity index (χ1v) is 6.81. The average molecular weight is 301 g/mol. The summed E-state index contributed by atoms with van der Waals surface area (Å²) >= 11 is 0. The van der Waals surface area contributed by atoms with E-state index in [4.69, 9.17) is 0 Å². The van der Waals surface area contributed by atoms with Crippen molar-refractivity contribution in [3.05, 3.63) is 30.1 Å². The number of aromatic nitrogens is 1. The molecule has 116 valence electrons. The van der Waals surface area contributed by atoms with Gasteiger partial charge in [-0.05, 0) is 31.0 Å². The smallest absolute Gasteiger partial charge is 0.340 e. The van der Waals surface area contributed by atoms with Crippen molar-refractivity contribution in [1.82, 2.24) is 14.8 Å². The topological polar surface area (TPSA) is 36.4 Å². The van der Waals surface area contributed by atoms with E-state index >= 15 is 0 Å². The Balaban J connectivity index is 1.98. The molecule has 1 atom stereocenters. The van der Waals surface area contributed by atoms with Gasteiger partial charge in [0.2, 0.25) is 5.91 Å². The minimum Gasteiger partial charge on any atom is -0.340 e. The van der Waals surface area contributed by atoms with Gasteiger partial charge in [0.25, 0.3) is 0 Å². The quantitative estimate of drug-likeness (QED) is 0.854. The molecule has 1 aromatic rings. The van der Waals surface area contributed by atoms with Crippen LogP contribution in [0, 0.1) is 0 Å². The van der Waals surface area contributed by atoms with Crippen LogP contribution in [0.2, 0.25) is 0 Å². The normalized spacial score (nSPS) is 19.7. The summed E-state index contributed by atoms with van der Waals surface area (Å²) in [6.07, 6.45) is 0.101. The largest absolute Gasteiger partial charge is 0.401 e. The molecule has 2 heterocycles. The Morgan fingerprint density at radius 1 is 1.52 bits per heavy atom. The van der Waals surface area contributed by atoms with Crippen molar-refractivity contribution in [3.8, 4) is 0 Å². The molecule has 1 amide bonds. The maximum atomic E-state index is 12.5. The molecule has 0 aromatic carbocycles. The van der Waals surface area contributed by atoms with Crippen LogP contribution >= 0.6 is 0 Å². The minimum atomic E-state index is -4.27. The summed E-state index contributed by atoms with van der Waals surface area (Å²) in [5, 5.41) is 0. The number of alkyl halides is 3. The van der Waals surface area contributed by atoms with Crippen LogP contribution < -0.4 is 0 Å². The lowest BCUT2D eigenvalue weighted by molar-refractivity contribution is -0.154. The third-order valence-corrected chi connectivity index (χ3v) is 3.55. The number of carbonyl (C=O) groups is 1. The highest BCUT2D eigenvalue weighted by atomic mass is 19.4. The zero-order valence-electron chi connectivity index (χ0n) is 11.8. The van der Waals surface area contributed by atoms with Crippen LogP contribution in [0.15, 0.2) is 24.5 Å². The summed E-state index contributed by atoms with van der Waals surface area (Å²) in [4.78, 5) is 19.0. The maximum absolute atomic E-state index is 12.5. The number of rotatable bonds is 4. The number of halogens is 3. The molecule has 2 rings (SSSR count). The first-order valence-electron chi connectivity index (χ1n) is 6.81. The third-order valence-electron chi connectivity index (χ3n) is 3.55. The predicted molar refractivity (Wildman–Crippen MR) is 71.4 cm³/mol. The molecule has 0 radical (unpaired) electrons. The highest BCUT2D eigenvalue weighted by molar-refractivity contribution is 5.82. The molecule has 1 aromatic heterocycles. The Hall–Kier alpha value is -1.63. The van der Waals surface area contributed by atoms with Crippen molar-refractivity contribution in [2.24, 2.45) is 0 Å². The number of amides is 1. The molecule has 0 saturated carbocycles. The molecule has 0 spiro atoms. The van der Waals surface area contributed by atoms with Crippen molar-refractivity contribution in [3.63, 3.8) is 0 Å². The van der Waals surface area contributed by atoms with Crippen LogP contribution in [0.5, 0.6) is 0 Å². The SMILES string of the molecule is CN(Cc1cccnc1)C(=O)C1CCCN1CC(F)(F)F. The lowest BCUT2D eigenvalue weighted by atomic mass is 10.2. The number of likely N-dealkylation sites (N-methyl/N-ethyl adjacent to an activating group) is 1. The van der Waals surface area contributed by atoms with Gasteiger partial charge in [-0.2, -0.15) is 13.2 Å². The van der Waals surface area contributed by atoms with Crippen molar-refractivity contribution >= 4 is 5.91 Å². The zero-order chi connectivity index (χ0) is 15.5. The second kappa shape index (κ2) is 6.43. The molecule has 7 heteroatoms. The lowest BCUT2D eigenvalue weighted by Crippen LogP contribution is -2.46. The summed E-state index contributed by atoms with van der Waals surface area (Å²) in [7, 11) is 1.61. The molecule has 1 unspecified atom stereocenters. The van der Waals surface area contributed by atoms with E-state index in [0.717, 1.165) is 5.56 Å². The first-order chi connectivity index (χ1) is 9.87. The monoisotopic (exact) mass is 301 g/mol. The van der Waals surface area contributed by atoms with E-state index < -0.39 is 18.8 Å². The van der Waals surface area contributed by atoms with Crippen molar-refractivity contribution in [1.29, 1.82) is 0 Å². The van der Waals surface area contributed by atoms with Crippen LogP contribution in [0.1, 0.15) is 18.4 Å². The number of hydrogen-bond donors (Lipinski definition) is 0. The highest BCUT2D eigenvalue weighted by Crippen LogP contribution is 2.25. The fourth-order valence-corrected chi connectivity index (χ4v) is 2.62. The molecule has 0 N–H and O–H groups in total. The maximum Gasteiger partial charge on any atom is 0.401 e. The molecule has 1 fully saturated rings. The van der Waals surface area contributed by atoms with Gasteiger partial charge < -0.3 is 4.90 Å². The predicted octanol–water partition coefficient (Wildman–Crippen LogP) is 2.07. The van der Waals surface area contributed by atoms with E-state index in [1.54, 1.807) is 25.5 Å². The van der Waals surface area contributed by atoms with Gasteiger partial charge in [0.1, 0.15) is 0 Å². The lowest BCUT2D eigenvalue weighted by Gasteiger charge is -2.28. The zero-order valence-corrected chi connectivity index (χ0v) is 11.8. The van der Waals surface area contributed by atoms with Gasteiger partial charge in [-0.3, -0.25) is 14.7 Å². The summed E-state index contributed by atoms with van der Waals surface area (Å²) in [6, 6.07) is 2.92. The van der Waals surface area contributed by atoms with E-state index in [9.17, 15) is 18.0 Å². The summed E-state index contributed by atoms with van der Waals surface area (Å²) in [5.41, 5.74) is 0.855.